The lowest BCUT2D eigenvalue weighted by Gasteiger charge is -2.42. The van der Waals surface area contributed by atoms with Crippen molar-refractivity contribution in [3.05, 3.63) is 18.0 Å². The number of hydrogen-bond donors (Lipinski definition) is 1. The molecule has 2 aliphatic heterocycles. The molecule has 2 aliphatic rings. The smallest absolute Gasteiger partial charge is 0.257 e. The van der Waals surface area contributed by atoms with Crippen molar-refractivity contribution in [1.82, 2.24) is 19.6 Å². The van der Waals surface area contributed by atoms with E-state index in [0.717, 1.165) is 52.2 Å². The second-order valence-corrected chi connectivity index (χ2v) is 7.16. The summed E-state index contributed by atoms with van der Waals surface area (Å²) in [6.45, 7) is 5.28. The molecule has 2 saturated heterocycles. The van der Waals surface area contributed by atoms with Crippen LogP contribution in [0.4, 0.5) is 0 Å². The lowest BCUT2D eigenvalue weighted by Crippen LogP contribution is -2.47. The summed E-state index contributed by atoms with van der Waals surface area (Å²) in [5.41, 5.74) is 0.786. The standard InChI is InChI=1S/C17H28N4O3/c1-19-10-14(9-18-19)16(23)21-5-3-17(4-6-21)13-20(7-8-24-2)11-15(17)12-22/h9-10,15,22H,3-8,11-13H2,1-2H3. The summed E-state index contributed by atoms with van der Waals surface area (Å²) in [7, 11) is 3.54. The van der Waals surface area contributed by atoms with E-state index in [1.165, 1.54) is 0 Å². The quantitative estimate of drug-likeness (QED) is 0.832. The lowest BCUT2D eigenvalue weighted by atomic mass is 9.71. The van der Waals surface area contributed by atoms with Crippen LogP contribution in [0.3, 0.4) is 0 Å². The van der Waals surface area contributed by atoms with Gasteiger partial charge in [0.05, 0.1) is 18.4 Å². The Morgan fingerprint density at radius 2 is 2.21 bits per heavy atom. The van der Waals surface area contributed by atoms with Crippen molar-refractivity contribution >= 4 is 5.91 Å². The van der Waals surface area contributed by atoms with Gasteiger partial charge in [-0.05, 0) is 18.3 Å². The Kier molecular flexibility index (Phi) is 5.22. The average molecular weight is 336 g/mol. The molecule has 0 bridgehead atoms. The summed E-state index contributed by atoms with van der Waals surface area (Å²) in [4.78, 5) is 16.9. The van der Waals surface area contributed by atoms with Crippen molar-refractivity contribution in [1.29, 1.82) is 0 Å². The van der Waals surface area contributed by atoms with E-state index in [-0.39, 0.29) is 17.9 Å². The number of piperidine rings is 1. The summed E-state index contributed by atoms with van der Waals surface area (Å²) in [5.74, 6) is 0.359. The minimum Gasteiger partial charge on any atom is -0.396 e. The highest BCUT2D eigenvalue weighted by molar-refractivity contribution is 5.93. The molecule has 1 amide bonds. The number of aryl methyl sites for hydroxylation is 1. The highest BCUT2D eigenvalue weighted by Gasteiger charge is 2.47. The molecule has 1 aromatic rings. The van der Waals surface area contributed by atoms with Crippen molar-refractivity contribution < 1.29 is 14.6 Å². The van der Waals surface area contributed by atoms with E-state index in [0.29, 0.717) is 11.5 Å². The molecular formula is C17H28N4O3. The maximum absolute atomic E-state index is 12.6. The van der Waals surface area contributed by atoms with Gasteiger partial charge in [-0.1, -0.05) is 0 Å². The summed E-state index contributed by atoms with van der Waals surface area (Å²) >= 11 is 0. The van der Waals surface area contributed by atoms with E-state index in [2.05, 4.69) is 10.00 Å². The molecule has 0 saturated carbocycles. The average Bonchev–Trinajstić information content (AvgIpc) is 3.17. The number of hydrogen-bond acceptors (Lipinski definition) is 5. The van der Waals surface area contributed by atoms with Crippen LogP contribution in [0.25, 0.3) is 0 Å². The molecule has 7 nitrogen and oxygen atoms in total. The second-order valence-electron chi connectivity index (χ2n) is 7.16. The van der Waals surface area contributed by atoms with Crippen molar-refractivity contribution in [2.75, 3.05) is 53.0 Å². The monoisotopic (exact) mass is 336 g/mol. The summed E-state index contributed by atoms with van der Waals surface area (Å²) in [6.07, 6.45) is 5.30. The first kappa shape index (κ1) is 17.4. The molecular weight excluding hydrogens is 308 g/mol. The molecule has 24 heavy (non-hydrogen) atoms. The molecule has 0 aliphatic carbocycles. The Balaban J connectivity index is 1.61. The first-order chi connectivity index (χ1) is 11.6. The molecule has 7 heteroatoms. The molecule has 0 aromatic carbocycles. The topological polar surface area (TPSA) is 70.8 Å². The Bertz CT molecular complexity index is 566. The van der Waals surface area contributed by atoms with E-state index in [9.17, 15) is 9.90 Å². The second kappa shape index (κ2) is 7.21. The van der Waals surface area contributed by atoms with Crippen molar-refractivity contribution in [2.24, 2.45) is 18.4 Å². The number of carbonyl (C=O) groups is 1. The van der Waals surface area contributed by atoms with E-state index >= 15 is 0 Å². The molecule has 1 unspecified atom stereocenters. The number of methoxy groups -OCH3 is 1. The Morgan fingerprint density at radius 3 is 2.79 bits per heavy atom. The van der Waals surface area contributed by atoms with Gasteiger partial charge < -0.3 is 19.6 Å². The zero-order chi connectivity index (χ0) is 17.2. The third kappa shape index (κ3) is 3.34. The Morgan fingerprint density at radius 1 is 1.46 bits per heavy atom. The third-order valence-electron chi connectivity index (χ3n) is 5.71. The van der Waals surface area contributed by atoms with Crippen LogP contribution in [0, 0.1) is 11.3 Å². The highest BCUT2D eigenvalue weighted by atomic mass is 16.5. The van der Waals surface area contributed by atoms with Crippen molar-refractivity contribution in [3.63, 3.8) is 0 Å². The minimum absolute atomic E-state index is 0.0627. The fraction of sp³-hybridized carbons (Fsp3) is 0.765. The first-order valence-corrected chi connectivity index (χ1v) is 8.68. The predicted molar refractivity (Wildman–Crippen MR) is 89.7 cm³/mol. The van der Waals surface area contributed by atoms with E-state index in [1.807, 2.05) is 11.9 Å². The third-order valence-corrected chi connectivity index (χ3v) is 5.71. The predicted octanol–water partition coefficient (Wildman–Crippen LogP) is 0.213. The zero-order valence-electron chi connectivity index (χ0n) is 14.6. The van der Waals surface area contributed by atoms with Gasteiger partial charge >= 0.3 is 0 Å². The number of ether oxygens (including phenoxy) is 1. The van der Waals surface area contributed by atoms with Gasteiger partial charge in [-0.3, -0.25) is 9.48 Å². The van der Waals surface area contributed by atoms with Crippen LogP contribution in [0.1, 0.15) is 23.2 Å². The van der Waals surface area contributed by atoms with Crippen LogP contribution in [-0.2, 0) is 11.8 Å². The summed E-state index contributed by atoms with van der Waals surface area (Å²) in [6, 6.07) is 0. The van der Waals surface area contributed by atoms with Gasteiger partial charge in [-0.15, -0.1) is 0 Å². The molecule has 134 valence electrons. The molecule has 2 fully saturated rings. The maximum Gasteiger partial charge on any atom is 0.257 e. The molecule has 1 N–H and O–H groups in total. The number of aromatic nitrogens is 2. The first-order valence-electron chi connectivity index (χ1n) is 8.68. The van der Waals surface area contributed by atoms with Gasteiger partial charge in [0.1, 0.15) is 0 Å². The molecule has 0 radical (unpaired) electrons. The fourth-order valence-corrected chi connectivity index (χ4v) is 4.22. The number of likely N-dealkylation sites (tertiary alicyclic amines) is 2. The number of rotatable bonds is 5. The maximum atomic E-state index is 12.6. The van der Waals surface area contributed by atoms with Gasteiger partial charge in [0.25, 0.3) is 5.91 Å². The van der Waals surface area contributed by atoms with Crippen LogP contribution in [0.5, 0.6) is 0 Å². The number of aliphatic hydroxyl groups excluding tert-OH is 1. The number of aliphatic hydroxyl groups is 1. The zero-order valence-corrected chi connectivity index (χ0v) is 14.6. The van der Waals surface area contributed by atoms with Crippen LogP contribution < -0.4 is 0 Å². The number of nitrogens with zero attached hydrogens (tertiary/aromatic N) is 4. The minimum atomic E-state index is 0.0627. The lowest BCUT2D eigenvalue weighted by molar-refractivity contribution is 0.0399. The number of amides is 1. The summed E-state index contributed by atoms with van der Waals surface area (Å²) in [5, 5.41) is 13.9. The van der Waals surface area contributed by atoms with E-state index in [4.69, 9.17) is 4.74 Å². The van der Waals surface area contributed by atoms with E-state index in [1.54, 1.807) is 24.2 Å². The largest absolute Gasteiger partial charge is 0.396 e. The van der Waals surface area contributed by atoms with E-state index < -0.39 is 0 Å². The number of carbonyl (C=O) groups excluding carboxylic acids is 1. The SMILES string of the molecule is COCCN1CC(CO)C2(CCN(C(=O)c3cnn(C)c3)CC2)C1. The van der Waals surface area contributed by atoms with Gasteiger partial charge in [0.2, 0.25) is 0 Å². The highest BCUT2D eigenvalue weighted by Crippen LogP contribution is 2.44. The normalized spacial score (nSPS) is 24.0. The van der Waals surface area contributed by atoms with Crippen LogP contribution >= 0.6 is 0 Å². The molecule has 3 rings (SSSR count). The molecule has 1 atom stereocenters. The van der Waals surface area contributed by atoms with Crippen LogP contribution in [0.2, 0.25) is 0 Å². The van der Waals surface area contributed by atoms with Crippen molar-refractivity contribution in [3.8, 4) is 0 Å². The fourth-order valence-electron chi connectivity index (χ4n) is 4.22. The van der Waals surface area contributed by atoms with Gasteiger partial charge in [-0.2, -0.15) is 5.10 Å². The van der Waals surface area contributed by atoms with Gasteiger partial charge in [0, 0.05) is 65.6 Å². The van der Waals surface area contributed by atoms with Crippen LogP contribution in [0.15, 0.2) is 12.4 Å². The van der Waals surface area contributed by atoms with Gasteiger partial charge in [0.15, 0.2) is 0 Å². The van der Waals surface area contributed by atoms with Crippen molar-refractivity contribution in [2.45, 2.75) is 12.8 Å². The molecule has 3 heterocycles. The Labute approximate surface area is 143 Å². The molecule has 1 spiro atoms. The van der Waals surface area contributed by atoms with Crippen LogP contribution in [-0.4, -0.2) is 83.6 Å². The Hall–Kier alpha value is -1.44. The van der Waals surface area contributed by atoms with Gasteiger partial charge in [-0.25, -0.2) is 0 Å². The molecule has 1 aromatic heterocycles. The summed E-state index contributed by atoms with van der Waals surface area (Å²) < 4.78 is 6.84.